The maximum absolute atomic E-state index is 13.0. The molecule has 2 aliphatic heterocycles. The summed E-state index contributed by atoms with van der Waals surface area (Å²) in [5, 5.41) is 3.20. The molecule has 0 unspecified atom stereocenters. The summed E-state index contributed by atoms with van der Waals surface area (Å²) in [6.45, 7) is 3.48. The molecule has 0 atom stereocenters. The van der Waals surface area contributed by atoms with Gasteiger partial charge < -0.3 is 5.32 Å². The molecule has 26 heavy (non-hydrogen) atoms. The van der Waals surface area contributed by atoms with Gasteiger partial charge in [0.2, 0.25) is 0 Å². The standard InChI is InChI=1S/C21H24FN3O/c22-18-7-5-16(6-8-18)15-24-12-10-19(11-13-24)23-21(26)25-14-9-17-3-1-2-4-20(17)25/h1-8,19H,9-15H2,(H,23,26). The van der Waals surface area contributed by atoms with Crippen LogP contribution in [-0.2, 0) is 13.0 Å². The minimum Gasteiger partial charge on any atom is -0.335 e. The summed E-state index contributed by atoms with van der Waals surface area (Å²) in [5.41, 5.74) is 3.41. The summed E-state index contributed by atoms with van der Waals surface area (Å²) in [5.74, 6) is -0.196. The van der Waals surface area contributed by atoms with Crippen LogP contribution in [0.25, 0.3) is 0 Å². The summed E-state index contributed by atoms with van der Waals surface area (Å²) < 4.78 is 13.0. The van der Waals surface area contributed by atoms with Crippen LogP contribution >= 0.6 is 0 Å². The van der Waals surface area contributed by atoms with E-state index in [1.54, 1.807) is 0 Å². The van der Waals surface area contributed by atoms with Gasteiger partial charge in [-0.2, -0.15) is 0 Å². The Labute approximate surface area is 153 Å². The second kappa shape index (κ2) is 7.46. The Morgan fingerprint density at radius 1 is 1.04 bits per heavy atom. The zero-order valence-corrected chi connectivity index (χ0v) is 14.8. The number of likely N-dealkylation sites (tertiary alicyclic amines) is 1. The number of hydrogen-bond donors (Lipinski definition) is 1. The van der Waals surface area contributed by atoms with Crippen LogP contribution in [-0.4, -0.2) is 36.6 Å². The minimum absolute atomic E-state index is 0.0203. The third-order valence-electron chi connectivity index (χ3n) is 5.37. The lowest BCUT2D eigenvalue weighted by Crippen LogP contribution is -2.48. The van der Waals surface area contributed by atoms with Crippen LogP contribution in [0.5, 0.6) is 0 Å². The van der Waals surface area contributed by atoms with E-state index in [-0.39, 0.29) is 17.9 Å². The van der Waals surface area contributed by atoms with Gasteiger partial charge in [-0.1, -0.05) is 30.3 Å². The lowest BCUT2D eigenvalue weighted by atomic mass is 10.0. The average molecular weight is 353 g/mol. The van der Waals surface area contributed by atoms with Crippen molar-refractivity contribution in [2.75, 3.05) is 24.5 Å². The summed E-state index contributed by atoms with van der Waals surface area (Å²) in [6, 6.07) is 15.1. The Morgan fingerprint density at radius 2 is 1.77 bits per heavy atom. The molecule has 0 spiro atoms. The van der Waals surface area contributed by atoms with Gasteiger partial charge in [0, 0.05) is 37.9 Å². The first-order valence-electron chi connectivity index (χ1n) is 9.32. The van der Waals surface area contributed by atoms with Crippen LogP contribution in [0.15, 0.2) is 48.5 Å². The molecule has 4 rings (SSSR count). The van der Waals surface area contributed by atoms with Crippen molar-refractivity contribution in [3.05, 3.63) is 65.5 Å². The molecule has 2 aliphatic rings. The van der Waals surface area contributed by atoms with Gasteiger partial charge in [0.25, 0.3) is 0 Å². The molecular weight excluding hydrogens is 329 g/mol. The van der Waals surface area contributed by atoms with Crippen LogP contribution in [0.3, 0.4) is 0 Å². The third-order valence-corrected chi connectivity index (χ3v) is 5.37. The molecule has 136 valence electrons. The van der Waals surface area contributed by atoms with Gasteiger partial charge in [-0.25, -0.2) is 9.18 Å². The molecular formula is C21H24FN3O. The summed E-state index contributed by atoms with van der Waals surface area (Å²) >= 11 is 0. The first-order chi connectivity index (χ1) is 12.7. The molecule has 0 aliphatic carbocycles. The van der Waals surface area contributed by atoms with Gasteiger partial charge in [0.1, 0.15) is 5.82 Å². The molecule has 2 aromatic carbocycles. The molecule has 0 bridgehead atoms. The maximum Gasteiger partial charge on any atom is 0.322 e. The molecule has 1 saturated heterocycles. The molecule has 5 heteroatoms. The first-order valence-corrected chi connectivity index (χ1v) is 9.32. The van der Waals surface area contributed by atoms with E-state index in [9.17, 15) is 9.18 Å². The summed E-state index contributed by atoms with van der Waals surface area (Å²) in [7, 11) is 0. The van der Waals surface area contributed by atoms with Crippen molar-refractivity contribution in [3.63, 3.8) is 0 Å². The second-order valence-electron chi connectivity index (χ2n) is 7.16. The van der Waals surface area contributed by atoms with E-state index in [0.717, 1.165) is 56.7 Å². The van der Waals surface area contributed by atoms with Crippen molar-refractivity contribution >= 4 is 11.7 Å². The Morgan fingerprint density at radius 3 is 2.54 bits per heavy atom. The molecule has 2 heterocycles. The van der Waals surface area contributed by atoms with Crippen LogP contribution in [0, 0.1) is 5.82 Å². The number of para-hydroxylation sites is 1. The smallest absolute Gasteiger partial charge is 0.322 e. The highest BCUT2D eigenvalue weighted by atomic mass is 19.1. The number of amides is 2. The van der Waals surface area contributed by atoms with E-state index in [1.807, 2.05) is 35.2 Å². The SMILES string of the molecule is O=C(NC1CCN(Cc2ccc(F)cc2)CC1)N1CCc2ccccc21. The van der Waals surface area contributed by atoms with Crippen LogP contribution in [0.2, 0.25) is 0 Å². The number of hydrogen-bond acceptors (Lipinski definition) is 2. The van der Waals surface area contributed by atoms with Crippen molar-refractivity contribution in [2.45, 2.75) is 31.8 Å². The molecule has 2 amide bonds. The van der Waals surface area contributed by atoms with Crippen molar-refractivity contribution < 1.29 is 9.18 Å². The van der Waals surface area contributed by atoms with Gasteiger partial charge in [0.15, 0.2) is 0 Å². The fraction of sp³-hybridized carbons (Fsp3) is 0.381. The highest BCUT2D eigenvalue weighted by Crippen LogP contribution is 2.27. The van der Waals surface area contributed by atoms with E-state index in [1.165, 1.54) is 17.7 Å². The third kappa shape index (κ3) is 3.73. The highest BCUT2D eigenvalue weighted by molar-refractivity contribution is 5.94. The van der Waals surface area contributed by atoms with Crippen molar-refractivity contribution in [2.24, 2.45) is 0 Å². The lowest BCUT2D eigenvalue weighted by Gasteiger charge is -2.33. The number of halogens is 1. The van der Waals surface area contributed by atoms with E-state index in [0.29, 0.717) is 0 Å². The minimum atomic E-state index is -0.196. The average Bonchev–Trinajstić information content (AvgIpc) is 3.09. The van der Waals surface area contributed by atoms with Crippen molar-refractivity contribution in [3.8, 4) is 0 Å². The predicted molar refractivity (Wildman–Crippen MR) is 101 cm³/mol. The van der Waals surface area contributed by atoms with Gasteiger partial charge in [-0.15, -0.1) is 0 Å². The zero-order valence-electron chi connectivity index (χ0n) is 14.8. The number of nitrogens with one attached hydrogen (secondary N) is 1. The molecule has 0 radical (unpaired) electrons. The molecule has 4 nitrogen and oxygen atoms in total. The Kier molecular flexibility index (Phi) is 4.89. The van der Waals surface area contributed by atoms with E-state index in [4.69, 9.17) is 0 Å². The molecule has 0 aromatic heterocycles. The summed E-state index contributed by atoms with van der Waals surface area (Å²) in [4.78, 5) is 16.9. The number of urea groups is 1. The largest absolute Gasteiger partial charge is 0.335 e. The van der Waals surface area contributed by atoms with E-state index in [2.05, 4.69) is 16.3 Å². The van der Waals surface area contributed by atoms with Crippen LogP contribution in [0.1, 0.15) is 24.0 Å². The maximum atomic E-state index is 13.0. The quantitative estimate of drug-likeness (QED) is 0.916. The van der Waals surface area contributed by atoms with Crippen molar-refractivity contribution in [1.29, 1.82) is 0 Å². The monoisotopic (exact) mass is 353 g/mol. The highest BCUT2D eigenvalue weighted by Gasteiger charge is 2.27. The number of fused-ring (bicyclic) bond motifs is 1. The van der Waals surface area contributed by atoms with Gasteiger partial charge in [0.05, 0.1) is 0 Å². The molecule has 2 aromatic rings. The Bertz CT molecular complexity index is 769. The number of rotatable bonds is 3. The van der Waals surface area contributed by atoms with Crippen molar-refractivity contribution in [1.82, 2.24) is 10.2 Å². The van der Waals surface area contributed by atoms with Gasteiger partial charge in [-0.3, -0.25) is 9.80 Å². The number of carbonyl (C=O) groups excluding carboxylic acids is 1. The number of piperidine rings is 1. The number of benzene rings is 2. The fourth-order valence-electron chi connectivity index (χ4n) is 3.89. The summed E-state index contributed by atoms with van der Waals surface area (Å²) in [6.07, 6.45) is 2.82. The number of carbonyl (C=O) groups is 1. The molecule has 1 fully saturated rings. The first kappa shape index (κ1) is 17.0. The van der Waals surface area contributed by atoms with E-state index < -0.39 is 0 Å². The molecule has 0 saturated carbocycles. The fourth-order valence-corrected chi connectivity index (χ4v) is 3.89. The van der Waals surface area contributed by atoms with Gasteiger partial charge in [-0.05, 0) is 48.6 Å². The van der Waals surface area contributed by atoms with Crippen LogP contribution < -0.4 is 10.2 Å². The number of nitrogens with zero attached hydrogens (tertiary/aromatic N) is 2. The van der Waals surface area contributed by atoms with Crippen LogP contribution in [0.4, 0.5) is 14.9 Å². The normalized spacial score (nSPS) is 18.0. The second-order valence-corrected chi connectivity index (χ2v) is 7.16. The predicted octanol–water partition coefficient (Wildman–Crippen LogP) is 3.56. The Balaban J connectivity index is 1.27. The Hall–Kier alpha value is -2.40. The topological polar surface area (TPSA) is 35.6 Å². The van der Waals surface area contributed by atoms with E-state index >= 15 is 0 Å². The zero-order chi connectivity index (χ0) is 17.9. The lowest BCUT2D eigenvalue weighted by molar-refractivity contribution is 0.188. The number of anilines is 1. The molecule has 1 N–H and O–H groups in total. The van der Waals surface area contributed by atoms with Gasteiger partial charge >= 0.3 is 6.03 Å².